The molecule has 0 aliphatic rings. The zero-order valence-electron chi connectivity index (χ0n) is 11.4. The van der Waals surface area contributed by atoms with Crippen LogP contribution in [0.25, 0.3) is 0 Å². The Labute approximate surface area is 132 Å². The van der Waals surface area contributed by atoms with Crippen LogP contribution in [0.5, 0.6) is 0 Å². The Hall–Kier alpha value is -1.59. The number of carbonyl (C=O) groups is 1. The van der Waals surface area contributed by atoms with Gasteiger partial charge in [-0.1, -0.05) is 0 Å². The Balaban J connectivity index is 2.70. The van der Waals surface area contributed by atoms with Gasteiger partial charge in [-0.25, -0.2) is 0 Å². The minimum Gasteiger partial charge on any atom is -0.383 e. The van der Waals surface area contributed by atoms with Crippen molar-refractivity contribution in [2.45, 2.75) is 6.92 Å². The molecule has 0 fully saturated rings. The van der Waals surface area contributed by atoms with Gasteiger partial charge in [0.15, 0.2) is 0 Å². The molecule has 1 aromatic carbocycles. The summed E-state index contributed by atoms with van der Waals surface area (Å²) in [5, 5.41) is 14.6. The molecule has 0 saturated heterocycles. The summed E-state index contributed by atoms with van der Waals surface area (Å²) in [7, 11) is 1.55. The Morgan fingerprint density at radius 2 is 2.30 bits per heavy atom. The number of benzene rings is 1. The number of amides is 1. The van der Waals surface area contributed by atoms with Crippen LogP contribution < -0.4 is 10.6 Å². The molecule has 20 heavy (non-hydrogen) atoms. The number of halogens is 1. The second-order valence-electron chi connectivity index (χ2n) is 4.02. The number of carbonyl (C=O) groups excluding carboxylic acids is 1. The summed E-state index contributed by atoms with van der Waals surface area (Å²) in [5.41, 5.74) is 1.94. The van der Waals surface area contributed by atoms with Crippen LogP contribution in [-0.2, 0) is 9.53 Å². The van der Waals surface area contributed by atoms with Crippen LogP contribution in [0, 0.1) is 21.8 Å². The number of rotatable bonds is 6. The molecule has 0 aliphatic heterocycles. The second-order valence-corrected chi connectivity index (χ2v) is 5.27. The van der Waals surface area contributed by atoms with E-state index in [4.69, 9.17) is 10.00 Å². The van der Waals surface area contributed by atoms with Crippen LogP contribution in [0.3, 0.4) is 0 Å². The van der Waals surface area contributed by atoms with Gasteiger partial charge in [0.2, 0.25) is 0 Å². The van der Waals surface area contributed by atoms with Crippen molar-refractivity contribution in [1.82, 2.24) is 5.32 Å². The van der Waals surface area contributed by atoms with Crippen LogP contribution in [0.2, 0.25) is 0 Å². The standard InChI is InChI=1S/C14H16IN3O2/c1-10-7-12(15)3-4-13(10)18-9-11(8-16)14(19)17-5-6-20-2/h3-4,7,9,18H,5-6H2,1-2H3,(H,17,19)/b11-9-. The van der Waals surface area contributed by atoms with Gasteiger partial charge in [0.05, 0.1) is 6.61 Å². The van der Waals surface area contributed by atoms with Gasteiger partial charge in [0.1, 0.15) is 11.6 Å². The molecule has 0 unspecified atom stereocenters. The lowest BCUT2D eigenvalue weighted by molar-refractivity contribution is -0.117. The molecule has 0 spiro atoms. The van der Waals surface area contributed by atoms with Crippen molar-refractivity contribution in [2.24, 2.45) is 0 Å². The van der Waals surface area contributed by atoms with E-state index in [9.17, 15) is 4.79 Å². The SMILES string of the molecule is COCCNC(=O)/C(C#N)=C\Nc1ccc(I)cc1C. The first-order valence-electron chi connectivity index (χ1n) is 5.98. The quantitative estimate of drug-likeness (QED) is 0.341. The summed E-state index contributed by atoms with van der Waals surface area (Å²) in [5.74, 6) is -0.416. The first-order chi connectivity index (χ1) is 9.58. The van der Waals surface area contributed by atoms with Gasteiger partial charge in [-0.2, -0.15) is 5.26 Å². The van der Waals surface area contributed by atoms with Crippen molar-refractivity contribution < 1.29 is 9.53 Å². The maximum Gasteiger partial charge on any atom is 0.263 e. The molecule has 106 valence electrons. The number of hydrogen-bond donors (Lipinski definition) is 2. The van der Waals surface area contributed by atoms with Crippen molar-refractivity contribution in [3.05, 3.63) is 39.1 Å². The Morgan fingerprint density at radius 1 is 1.55 bits per heavy atom. The number of aryl methyl sites for hydroxylation is 1. The van der Waals surface area contributed by atoms with E-state index in [1.165, 1.54) is 6.20 Å². The van der Waals surface area contributed by atoms with Crippen LogP contribution in [-0.4, -0.2) is 26.2 Å². The summed E-state index contributed by atoms with van der Waals surface area (Å²) >= 11 is 2.23. The highest BCUT2D eigenvalue weighted by atomic mass is 127. The van der Waals surface area contributed by atoms with E-state index in [0.29, 0.717) is 13.2 Å². The third-order valence-corrected chi connectivity index (χ3v) is 3.19. The second kappa shape index (κ2) is 8.55. The summed E-state index contributed by atoms with van der Waals surface area (Å²) in [6.07, 6.45) is 1.41. The topological polar surface area (TPSA) is 74.1 Å². The first-order valence-corrected chi connectivity index (χ1v) is 7.06. The number of nitrogens with zero attached hydrogens (tertiary/aromatic N) is 1. The van der Waals surface area contributed by atoms with Gasteiger partial charge < -0.3 is 15.4 Å². The normalized spacial score (nSPS) is 10.8. The zero-order chi connectivity index (χ0) is 15.0. The maximum absolute atomic E-state index is 11.7. The van der Waals surface area contributed by atoms with Crippen molar-refractivity contribution in [2.75, 3.05) is 25.6 Å². The van der Waals surface area contributed by atoms with E-state index in [1.807, 2.05) is 31.2 Å². The predicted molar refractivity (Wildman–Crippen MR) is 86.1 cm³/mol. The zero-order valence-corrected chi connectivity index (χ0v) is 13.5. The average Bonchev–Trinajstić information content (AvgIpc) is 2.42. The molecule has 2 N–H and O–H groups in total. The third-order valence-electron chi connectivity index (χ3n) is 2.52. The van der Waals surface area contributed by atoms with Crippen molar-refractivity contribution in [3.8, 4) is 6.07 Å². The van der Waals surface area contributed by atoms with Crippen molar-refractivity contribution in [3.63, 3.8) is 0 Å². The van der Waals surface area contributed by atoms with Gasteiger partial charge in [0, 0.05) is 29.1 Å². The van der Waals surface area contributed by atoms with E-state index in [1.54, 1.807) is 7.11 Å². The summed E-state index contributed by atoms with van der Waals surface area (Å²) in [6.45, 7) is 2.74. The van der Waals surface area contributed by atoms with E-state index < -0.39 is 5.91 Å². The van der Waals surface area contributed by atoms with Crippen LogP contribution in [0.4, 0.5) is 5.69 Å². The monoisotopic (exact) mass is 385 g/mol. The largest absolute Gasteiger partial charge is 0.383 e. The molecule has 0 aliphatic carbocycles. The smallest absolute Gasteiger partial charge is 0.263 e. The number of ether oxygens (including phenoxy) is 1. The molecule has 0 bridgehead atoms. The number of anilines is 1. The third kappa shape index (κ3) is 5.19. The molecule has 0 atom stereocenters. The van der Waals surface area contributed by atoms with E-state index in [2.05, 4.69) is 33.2 Å². The van der Waals surface area contributed by atoms with E-state index >= 15 is 0 Å². The molecule has 1 aromatic rings. The number of nitrogens with one attached hydrogen (secondary N) is 2. The van der Waals surface area contributed by atoms with Gasteiger partial charge in [-0.15, -0.1) is 0 Å². The Kier molecular flexibility index (Phi) is 7.04. The molecule has 1 amide bonds. The molecule has 6 heteroatoms. The lowest BCUT2D eigenvalue weighted by atomic mass is 10.2. The number of hydrogen-bond acceptors (Lipinski definition) is 4. The lowest BCUT2D eigenvalue weighted by Gasteiger charge is -2.07. The highest BCUT2D eigenvalue weighted by Crippen LogP contribution is 2.17. The highest BCUT2D eigenvalue weighted by Gasteiger charge is 2.08. The molecule has 0 saturated carbocycles. The van der Waals surface area contributed by atoms with E-state index in [-0.39, 0.29) is 5.57 Å². The molecule has 5 nitrogen and oxygen atoms in total. The van der Waals surface area contributed by atoms with Gasteiger partial charge >= 0.3 is 0 Å². The fraction of sp³-hybridized carbons (Fsp3) is 0.286. The molecular weight excluding hydrogens is 369 g/mol. The number of methoxy groups -OCH3 is 1. The fourth-order valence-corrected chi connectivity index (χ4v) is 2.10. The predicted octanol–water partition coefficient (Wildman–Crippen LogP) is 2.18. The van der Waals surface area contributed by atoms with Gasteiger partial charge in [-0.05, 0) is 53.3 Å². The minimum atomic E-state index is -0.416. The minimum absolute atomic E-state index is 0.0269. The molecule has 0 heterocycles. The van der Waals surface area contributed by atoms with Crippen molar-refractivity contribution >= 4 is 34.2 Å². The van der Waals surface area contributed by atoms with Crippen LogP contribution >= 0.6 is 22.6 Å². The Morgan fingerprint density at radius 3 is 2.90 bits per heavy atom. The highest BCUT2D eigenvalue weighted by molar-refractivity contribution is 14.1. The average molecular weight is 385 g/mol. The van der Waals surface area contributed by atoms with E-state index in [0.717, 1.165) is 14.8 Å². The molecular formula is C14H16IN3O2. The maximum atomic E-state index is 11.7. The first kappa shape index (κ1) is 16.5. The summed E-state index contributed by atoms with van der Waals surface area (Å²) in [6, 6.07) is 7.75. The Bertz CT molecular complexity index is 550. The lowest BCUT2D eigenvalue weighted by Crippen LogP contribution is -2.28. The summed E-state index contributed by atoms with van der Waals surface area (Å²) in [4.78, 5) is 11.7. The number of nitriles is 1. The van der Waals surface area contributed by atoms with Crippen molar-refractivity contribution in [1.29, 1.82) is 5.26 Å². The summed E-state index contributed by atoms with van der Waals surface area (Å²) < 4.78 is 5.96. The van der Waals surface area contributed by atoms with Gasteiger partial charge in [0.25, 0.3) is 5.91 Å². The van der Waals surface area contributed by atoms with Crippen LogP contribution in [0.1, 0.15) is 5.56 Å². The van der Waals surface area contributed by atoms with Crippen LogP contribution in [0.15, 0.2) is 30.0 Å². The molecule has 0 radical (unpaired) electrons. The fourth-order valence-electron chi connectivity index (χ4n) is 1.45. The molecule has 0 aromatic heterocycles. The molecule has 1 rings (SSSR count). The van der Waals surface area contributed by atoms with Gasteiger partial charge in [-0.3, -0.25) is 4.79 Å².